The molecule has 2 rings (SSSR count). The van der Waals surface area contributed by atoms with E-state index in [0.717, 1.165) is 0 Å². The molecule has 0 spiro atoms. The third-order valence-corrected chi connectivity index (χ3v) is 2.91. The number of carboxylic acid groups (broad SMARTS) is 1. The van der Waals surface area contributed by atoms with Crippen LogP contribution in [0.4, 0.5) is 0 Å². The maximum absolute atomic E-state index is 12.1. The third-order valence-electron chi connectivity index (χ3n) is 2.91. The zero-order valence-corrected chi connectivity index (χ0v) is 10.9. The molecule has 0 bridgehead atoms. The molecule has 1 unspecified atom stereocenters. The molecule has 1 atom stereocenters. The largest absolute Gasteiger partial charge is 0.479 e. The summed E-state index contributed by atoms with van der Waals surface area (Å²) < 4.78 is 0. The third kappa shape index (κ3) is 3.00. The summed E-state index contributed by atoms with van der Waals surface area (Å²) in [5.41, 5.74) is 1.45. The number of nitrogens with one attached hydrogen (secondary N) is 1. The molecule has 0 aliphatic rings. The molecule has 1 heterocycles. The van der Waals surface area contributed by atoms with Gasteiger partial charge in [-0.3, -0.25) is 9.78 Å². The summed E-state index contributed by atoms with van der Waals surface area (Å²) in [5, 5.41) is 11.8. The molecule has 1 amide bonds. The second-order valence-electron chi connectivity index (χ2n) is 4.29. The Bertz CT molecular complexity index is 626. The van der Waals surface area contributed by atoms with Crippen LogP contribution < -0.4 is 5.32 Å². The van der Waals surface area contributed by atoms with Gasteiger partial charge in [0.15, 0.2) is 6.04 Å². The van der Waals surface area contributed by atoms with Crippen molar-refractivity contribution < 1.29 is 14.7 Å². The molecule has 0 aliphatic carbocycles. The summed E-state index contributed by atoms with van der Waals surface area (Å²) in [4.78, 5) is 27.5. The molecule has 0 aliphatic heterocycles. The van der Waals surface area contributed by atoms with E-state index in [-0.39, 0.29) is 0 Å². The standard InChI is InChI=1S/C15H14N2O3/c1-10-12(8-5-9-16-10)14(18)17-13(15(19)20)11-6-3-2-4-7-11/h2-9,13H,1H3,(H,17,18)(H,19,20). The van der Waals surface area contributed by atoms with Crippen molar-refractivity contribution in [1.29, 1.82) is 0 Å². The molecule has 0 radical (unpaired) electrons. The van der Waals surface area contributed by atoms with Crippen molar-refractivity contribution in [3.8, 4) is 0 Å². The van der Waals surface area contributed by atoms with Gasteiger partial charge in [0.05, 0.1) is 5.56 Å². The number of rotatable bonds is 4. The van der Waals surface area contributed by atoms with Crippen LogP contribution in [-0.2, 0) is 4.79 Å². The number of benzene rings is 1. The average molecular weight is 270 g/mol. The van der Waals surface area contributed by atoms with Gasteiger partial charge in [-0.15, -0.1) is 0 Å². The van der Waals surface area contributed by atoms with Crippen LogP contribution in [0.2, 0.25) is 0 Å². The normalized spacial score (nSPS) is 11.7. The molecular formula is C15H14N2O3. The smallest absolute Gasteiger partial charge is 0.330 e. The van der Waals surface area contributed by atoms with E-state index in [1.165, 1.54) is 0 Å². The lowest BCUT2D eigenvalue weighted by Crippen LogP contribution is -2.34. The number of aryl methyl sites for hydroxylation is 1. The van der Waals surface area contributed by atoms with Crippen LogP contribution in [0.1, 0.15) is 27.7 Å². The number of aromatic nitrogens is 1. The number of carbonyl (C=O) groups excluding carboxylic acids is 1. The minimum atomic E-state index is -1.11. The van der Waals surface area contributed by atoms with E-state index in [9.17, 15) is 14.7 Å². The Morgan fingerprint density at radius 2 is 1.85 bits per heavy atom. The monoisotopic (exact) mass is 270 g/mol. The molecule has 1 aromatic carbocycles. The van der Waals surface area contributed by atoms with E-state index in [1.54, 1.807) is 55.6 Å². The van der Waals surface area contributed by atoms with Gasteiger partial charge in [-0.2, -0.15) is 0 Å². The Labute approximate surface area is 116 Å². The van der Waals surface area contributed by atoms with E-state index < -0.39 is 17.9 Å². The van der Waals surface area contributed by atoms with Gasteiger partial charge in [0.25, 0.3) is 5.91 Å². The number of carbonyl (C=O) groups is 2. The van der Waals surface area contributed by atoms with Crippen molar-refractivity contribution in [1.82, 2.24) is 10.3 Å². The number of nitrogens with zero attached hydrogens (tertiary/aromatic N) is 1. The van der Waals surface area contributed by atoms with Gasteiger partial charge in [-0.1, -0.05) is 30.3 Å². The fourth-order valence-corrected chi connectivity index (χ4v) is 1.87. The Morgan fingerprint density at radius 1 is 1.15 bits per heavy atom. The van der Waals surface area contributed by atoms with Crippen LogP contribution in [0.3, 0.4) is 0 Å². The van der Waals surface area contributed by atoms with Crippen molar-refractivity contribution in [3.63, 3.8) is 0 Å². The fraction of sp³-hybridized carbons (Fsp3) is 0.133. The molecule has 1 aromatic heterocycles. The highest BCUT2D eigenvalue weighted by molar-refractivity contribution is 5.97. The number of amides is 1. The zero-order valence-electron chi connectivity index (χ0n) is 10.9. The van der Waals surface area contributed by atoms with Crippen LogP contribution >= 0.6 is 0 Å². The quantitative estimate of drug-likeness (QED) is 0.890. The zero-order chi connectivity index (χ0) is 14.5. The number of aliphatic carboxylic acids is 1. The predicted molar refractivity (Wildman–Crippen MR) is 73.3 cm³/mol. The summed E-state index contributed by atoms with van der Waals surface area (Å²) in [6.07, 6.45) is 1.58. The van der Waals surface area contributed by atoms with Gasteiger partial charge in [-0.25, -0.2) is 4.79 Å². The van der Waals surface area contributed by atoms with Crippen LogP contribution in [0, 0.1) is 6.92 Å². The lowest BCUT2D eigenvalue weighted by Gasteiger charge is -2.15. The lowest BCUT2D eigenvalue weighted by atomic mass is 10.1. The van der Waals surface area contributed by atoms with E-state index in [4.69, 9.17) is 0 Å². The molecule has 0 saturated carbocycles. The van der Waals surface area contributed by atoms with Crippen molar-refractivity contribution in [2.75, 3.05) is 0 Å². The molecule has 2 aromatic rings. The first-order valence-electron chi connectivity index (χ1n) is 6.10. The number of hydrogen-bond acceptors (Lipinski definition) is 3. The molecule has 5 heteroatoms. The second-order valence-corrected chi connectivity index (χ2v) is 4.29. The topological polar surface area (TPSA) is 79.3 Å². The van der Waals surface area contributed by atoms with Gasteiger partial charge in [0.1, 0.15) is 0 Å². The van der Waals surface area contributed by atoms with Crippen LogP contribution in [0.5, 0.6) is 0 Å². The summed E-state index contributed by atoms with van der Waals surface area (Å²) in [6.45, 7) is 1.70. The average Bonchev–Trinajstić information content (AvgIpc) is 2.45. The highest BCUT2D eigenvalue weighted by Crippen LogP contribution is 2.14. The van der Waals surface area contributed by atoms with Crippen molar-refractivity contribution >= 4 is 11.9 Å². The molecular weight excluding hydrogens is 256 g/mol. The molecule has 0 saturated heterocycles. The summed E-state index contributed by atoms with van der Waals surface area (Å²) in [7, 11) is 0. The van der Waals surface area contributed by atoms with Gasteiger partial charge in [-0.05, 0) is 24.6 Å². The SMILES string of the molecule is Cc1ncccc1C(=O)NC(C(=O)O)c1ccccc1. The fourth-order valence-electron chi connectivity index (χ4n) is 1.87. The minimum absolute atomic E-state index is 0.370. The van der Waals surface area contributed by atoms with Gasteiger partial charge < -0.3 is 10.4 Å². The Morgan fingerprint density at radius 3 is 2.45 bits per heavy atom. The molecule has 0 fully saturated rings. The molecule has 2 N–H and O–H groups in total. The summed E-state index contributed by atoms with van der Waals surface area (Å²) in [6, 6.07) is 10.7. The summed E-state index contributed by atoms with van der Waals surface area (Å²) in [5.74, 6) is -1.56. The first kappa shape index (κ1) is 13.7. The Kier molecular flexibility index (Phi) is 4.10. The van der Waals surface area contributed by atoms with E-state index >= 15 is 0 Å². The highest BCUT2D eigenvalue weighted by Gasteiger charge is 2.23. The molecule has 102 valence electrons. The van der Waals surface area contributed by atoms with Crippen LogP contribution in [0.15, 0.2) is 48.7 Å². The second kappa shape index (κ2) is 5.97. The van der Waals surface area contributed by atoms with Crippen LogP contribution in [-0.4, -0.2) is 22.0 Å². The molecule has 20 heavy (non-hydrogen) atoms. The maximum Gasteiger partial charge on any atom is 0.330 e. The van der Waals surface area contributed by atoms with Gasteiger partial charge in [0, 0.05) is 11.9 Å². The molecule has 5 nitrogen and oxygen atoms in total. The minimum Gasteiger partial charge on any atom is -0.479 e. The van der Waals surface area contributed by atoms with E-state index in [1.807, 2.05) is 0 Å². The van der Waals surface area contributed by atoms with Gasteiger partial charge in [0.2, 0.25) is 0 Å². The number of hydrogen-bond donors (Lipinski definition) is 2. The highest BCUT2D eigenvalue weighted by atomic mass is 16.4. The van der Waals surface area contributed by atoms with Crippen LogP contribution in [0.25, 0.3) is 0 Å². The van der Waals surface area contributed by atoms with Gasteiger partial charge >= 0.3 is 5.97 Å². The first-order valence-corrected chi connectivity index (χ1v) is 6.10. The van der Waals surface area contributed by atoms with E-state index in [2.05, 4.69) is 10.3 Å². The maximum atomic E-state index is 12.1. The Hall–Kier alpha value is -2.69. The number of carboxylic acids is 1. The predicted octanol–water partition coefficient (Wildman–Crippen LogP) is 1.95. The number of pyridine rings is 1. The van der Waals surface area contributed by atoms with Crippen molar-refractivity contribution in [2.45, 2.75) is 13.0 Å². The van der Waals surface area contributed by atoms with Crippen molar-refractivity contribution in [3.05, 3.63) is 65.5 Å². The van der Waals surface area contributed by atoms with Crippen molar-refractivity contribution in [2.24, 2.45) is 0 Å². The summed E-state index contributed by atoms with van der Waals surface area (Å²) >= 11 is 0. The van der Waals surface area contributed by atoms with E-state index in [0.29, 0.717) is 16.8 Å². The Balaban J connectivity index is 2.24. The lowest BCUT2D eigenvalue weighted by molar-refractivity contribution is -0.139. The first-order chi connectivity index (χ1) is 9.59.